The molecule has 0 radical (unpaired) electrons. The number of carbonyl (C=O) groups is 1. The van der Waals surface area contributed by atoms with Crippen LogP contribution in [0.25, 0.3) is 0 Å². The molecule has 1 aliphatic heterocycles. The molecule has 23 heavy (non-hydrogen) atoms. The van der Waals surface area contributed by atoms with Crippen LogP contribution in [-0.4, -0.2) is 41.6 Å². The van der Waals surface area contributed by atoms with Crippen molar-refractivity contribution in [2.24, 2.45) is 0 Å². The van der Waals surface area contributed by atoms with Crippen molar-refractivity contribution in [1.82, 2.24) is 15.3 Å². The highest BCUT2D eigenvalue weighted by Crippen LogP contribution is 2.26. The first-order chi connectivity index (χ1) is 11.3. The maximum Gasteiger partial charge on any atom is 0.257 e. The van der Waals surface area contributed by atoms with Crippen LogP contribution < -0.4 is 15.0 Å². The van der Waals surface area contributed by atoms with Crippen LogP contribution in [0.3, 0.4) is 0 Å². The maximum absolute atomic E-state index is 12.1. The monoisotopic (exact) mass is 332 g/mol. The van der Waals surface area contributed by atoms with E-state index in [0.29, 0.717) is 18.9 Å². The van der Waals surface area contributed by atoms with Crippen molar-refractivity contribution in [3.63, 3.8) is 0 Å². The Kier molecular flexibility index (Phi) is 5.07. The fraction of sp³-hybridized carbons (Fsp3) is 0.438. The number of nitrogens with one attached hydrogen (secondary N) is 1. The fourth-order valence-electron chi connectivity index (χ4n) is 2.70. The second-order valence-electron chi connectivity index (χ2n) is 5.43. The third-order valence-corrected chi connectivity index (χ3v) is 4.46. The maximum atomic E-state index is 12.1. The van der Waals surface area contributed by atoms with Crippen LogP contribution in [0, 0.1) is 0 Å². The van der Waals surface area contributed by atoms with E-state index in [1.54, 1.807) is 23.7 Å². The van der Waals surface area contributed by atoms with Crippen LogP contribution >= 0.6 is 11.3 Å². The van der Waals surface area contributed by atoms with Gasteiger partial charge in [0.1, 0.15) is 0 Å². The lowest BCUT2D eigenvalue weighted by Crippen LogP contribution is -2.38. The largest absolute Gasteiger partial charge is 0.475 e. The average molecular weight is 332 g/mol. The number of anilines is 1. The average Bonchev–Trinajstić information content (AvgIpc) is 3.20. The molecule has 0 aliphatic carbocycles. The first kappa shape index (κ1) is 15.7. The molecule has 0 saturated carbocycles. The van der Waals surface area contributed by atoms with E-state index in [9.17, 15) is 4.79 Å². The number of nitrogens with zero attached hydrogens (tertiary/aromatic N) is 3. The van der Waals surface area contributed by atoms with Crippen LogP contribution in [0.4, 0.5) is 5.82 Å². The Labute approximate surface area is 139 Å². The normalized spacial score (nSPS) is 17.3. The molecule has 1 fully saturated rings. The topological polar surface area (TPSA) is 67.4 Å². The number of ether oxygens (including phenoxy) is 1. The molecule has 6 nitrogen and oxygen atoms in total. The van der Waals surface area contributed by atoms with Crippen molar-refractivity contribution < 1.29 is 9.53 Å². The predicted molar refractivity (Wildman–Crippen MR) is 90.0 cm³/mol. The summed E-state index contributed by atoms with van der Waals surface area (Å²) >= 11 is 1.61. The molecule has 1 saturated heterocycles. The Morgan fingerprint density at radius 3 is 3.13 bits per heavy atom. The fourth-order valence-corrected chi connectivity index (χ4v) is 3.37. The van der Waals surface area contributed by atoms with Gasteiger partial charge in [-0.05, 0) is 35.7 Å². The number of amides is 1. The number of thiophene rings is 1. The van der Waals surface area contributed by atoms with Crippen LogP contribution in [0.5, 0.6) is 5.88 Å². The molecule has 0 aromatic carbocycles. The minimum Gasteiger partial charge on any atom is -0.475 e. The molecule has 2 aromatic heterocycles. The van der Waals surface area contributed by atoms with Crippen LogP contribution in [0.2, 0.25) is 0 Å². The van der Waals surface area contributed by atoms with Gasteiger partial charge in [0.2, 0.25) is 5.91 Å². The third-order valence-electron chi connectivity index (χ3n) is 3.73. The number of carbonyl (C=O) groups excluding carboxylic acids is 1. The Morgan fingerprint density at radius 2 is 2.35 bits per heavy atom. The predicted octanol–water partition coefficient (Wildman–Crippen LogP) is 1.87. The lowest BCUT2D eigenvalue weighted by Gasteiger charge is -2.19. The Balaban J connectivity index is 1.57. The van der Waals surface area contributed by atoms with Crippen molar-refractivity contribution in [1.29, 1.82) is 0 Å². The van der Waals surface area contributed by atoms with E-state index < -0.39 is 0 Å². The Morgan fingerprint density at radius 1 is 1.48 bits per heavy atom. The van der Waals surface area contributed by atoms with Gasteiger partial charge in [-0.1, -0.05) is 0 Å². The van der Waals surface area contributed by atoms with Gasteiger partial charge in [-0.25, -0.2) is 9.97 Å². The van der Waals surface area contributed by atoms with Gasteiger partial charge in [-0.3, -0.25) is 4.79 Å². The van der Waals surface area contributed by atoms with Crippen molar-refractivity contribution in [2.45, 2.75) is 25.8 Å². The van der Waals surface area contributed by atoms with E-state index in [1.807, 2.05) is 23.8 Å². The molecule has 0 bridgehead atoms. The van der Waals surface area contributed by atoms with Crippen molar-refractivity contribution in [3.8, 4) is 5.88 Å². The first-order valence-corrected chi connectivity index (χ1v) is 8.69. The number of hydrogen-bond acceptors (Lipinski definition) is 6. The van der Waals surface area contributed by atoms with E-state index in [0.717, 1.165) is 30.9 Å². The van der Waals surface area contributed by atoms with Crippen molar-refractivity contribution in [2.75, 3.05) is 24.6 Å². The second-order valence-corrected chi connectivity index (χ2v) is 6.21. The highest BCUT2D eigenvalue weighted by atomic mass is 32.1. The summed E-state index contributed by atoms with van der Waals surface area (Å²) in [5.74, 6) is 1.38. The van der Waals surface area contributed by atoms with Crippen molar-refractivity contribution >= 4 is 23.1 Å². The summed E-state index contributed by atoms with van der Waals surface area (Å²) in [5.41, 5.74) is 1.06. The van der Waals surface area contributed by atoms with Gasteiger partial charge in [0.25, 0.3) is 5.88 Å². The van der Waals surface area contributed by atoms with Gasteiger partial charge in [-0.15, -0.1) is 0 Å². The molecule has 1 atom stereocenters. The summed E-state index contributed by atoms with van der Waals surface area (Å²) in [6.07, 6.45) is 4.64. The van der Waals surface area contributed by atoms with Gasteiger partial charge in [0, 0.05) is 31.5 Å². The third kappa shape index (κ3) is 3.98. The number of rotatable bonds is 6. The van der Waals surface area contributed by atoms with Crippen molar-refractivity contribution in [3.05, 3.63) is 34.8 Å². The lowest BCUT2D eigenvalue weighted by molar-refractivity contribution is -0.121. The van der Waals surface area contributed by atoms with Gasteiger partial charge in [0.15, 0.2) is 5.82 Å². The minimum atomic E-state index is 0.0689. The molecule has 2 aromatic rings. The van der Waals surface area contributed by atoms with E-state index in [1.165, 1.54) is 0 Å². The highest BCUT2D eigenvalue weighted by molar-refractivity contribution is 7.07. The summed E-state index contributed by atoms with van der Waals surface area (Å²) < 4.78 is 5.53. The molecule has 1 aliphatic rings. The van der Waals surface area contributed by atoms with Gasteiger partial charge >= 0.3 is 0 Å². The van der Waals surface area contributed by atoms with E-state index in [2.05, 4.69) is 20.2 Å². The quantitative estimate of drug-likeness (QED) is 0.875. The zero-order valence-corrected chi connectivity index (χ0v) is 13.9. The SMILES string of the molecule is CCOc1nccnc1N1CC[C@H](NC(=O)Cc2ccsc2)C1. The zero-order chi connectivity index (χ0) is 16.1. The summed E-state index contributed by atoms with van der Waals surface area (Å²) in [6, 6.07) is 2.12. The Bertz CT molecular complexity index is 647. The van der Waals surface area contributed by atoms with Crippen LogP contribution in [-0.2, 0) is 11.2 Å². The number of aromatic nitrogens is 2. The number of hydrogen-bond donors (Lipinski definition) is 1. The molecule has 3 heterocycles. The van der Waals surface area contributed by atoms with Gasteiger partial charge < -0.3 is 15.0 Å². The highest BCUT2D eigenvalue weighted by Gasteiger charge is 2.27. The summed E-state index contributed by atoms with van der Waals surface area (Å²) in [7, 11) is 0. The standard InChI is InChI=1S/C16H20N4O2S/c1-2-22-16-15(17-5-6-18-16)20-7-3-13(10-20)19-14(21)9-12-4-8-23-11-12/h4-6,8,11,13H,2-3,7,9-10H2,1H3,(H,19,21)/t13-/m0/s1. The molecular weight excluding hydrogens is 312 g/mol. The molecule has 7 heteroatoms. The first-order valence-electron chi connectivity index (χ1n) is 7.75. The summed E-state index contributed by atoms with van der Waals surface area (Å²) in [5, 5.41) is 7.10. The van der Waals surface area contributed by atoms with Crippen LogP contribution in [0.15, 0.2) is 29.2 Å². The summed E-state index contributed by atoms with van der Waals surface area (Å²) in [4.78, 5) is 22.8. The summed E-state index contributed by atoms with van der Waals surface area (Å²) in [6.45, 7) is 4.05. The van der Waals surface area contributed by atoms with Gasteiger partial charge in [-0.2, -0.15) is 11.3 Å². The van der Waals surface area contributed by atoms with E-state index in [4.69, 9.17) is 4.74 Å². The molecule has 122 valence electrons. The van der Waals surface area contributed by atoms with Gasteiger partial charge in [0.05, 0.1) is 13.0 Å². The molecule has 0 spiro atoms. The Hall–Kier alpha value is -2.15. The molecule has 3 rings (SSSR count). The smallest absolute Gasteiger partial charge is 0.257 e. The van der Waals surface area contributed by atoms with Crippen LogP contribution in [0.1, 0.15) is 18.9 Å². The zero-order valence-electron chi connectivity index (χ0n) is 13.1. The minimum absolute atomic E-state index is 0.0689. The second kappa shape index (κ2) is 7.41. The van der Waals surface area contributed by atoms with E-state index >= 15 is 0 Å². The van der Waals surface area contributed by atoms with E-state index in [-0.39, 0.29) is 11.9 Å². The molecule has 1 amide bonds. The molecular formula is C16H20N4O2S. The molecule has 1 N–H and O–H groups in total. The lowest BCUT2D eigenvalue weighted by atomic mass is 10.2. The molecule has 0 unspecified atom stereocenters.